The Morgan fingerprint density at radius 1 is 1.11 bits per heavy atom. The fraction of sp³-hybridized carbons (Fsp3) is 0.393. The summed E-state index contributed by atoms with van der Waals surface area (Å²) < 4.78 is 16.8. The summed E-state index contributed by atoms with van der Waals surface area (Å²) in [6.45, 7) is 3.63. The van der Waals surface area contributed by atoms with E-state index in [1.165, 1.54) is 12.3 Å². The van der Waals surface area contributed by atoms with E-state index in [0.29, 0.717) is 23.3 Å². The van der Waals surface area contributed by atoms with Gasteiger partial charge in [-0.1, -0.05) is 35.5 Å². The van der Waals surface area contributed by atoms with Gasteiger partial charge in [0.2, 0.25) is 0 Å². The molecule has 0 radical (unpaired) electrons. The van der Waals surface area contributed by atoms with Crippen LogP contribution in [0.5, 0.6) is 5.75 Å². The van der Waals surface area contributed by atoms with E-state index in [0.717, 1.165) is 50.4 Å². The second kappa shape index (κ2) is 9.55. The number of benzene rings is 2. The number of hydrogen-bond donors (Lipinski definition) is 1. The number of rotatable bonds is 5. The third kappa shape index (κ3) is 4.55. The largest absolute Gasteiger partial charge is 0.485 e. The van der Waals surface area contributed by atoms with E-state index >= 15 is 0 Å². The third-order valence-electron chi connectivity index (χ3n) is 7.76. The molecule has 2 aromatic carbocycles. The van der Waals surface area contributed by atoms with Crippen LogP contribution in [0.2, 0.25) is 0 Å². The van der Waals surface area contributed by atoms with Gasteiger partial charge in [-0.15, -0.1) is 0 Å². The van der Waals surface area contributed by atoms with Gasteiger partial charge in [0.15, 0.2) is 5.69 Å². The first-order valence-electron chi connectivity index (χ1n) is 12.7. The molecule has 192 valence electrons. The number of fused-ring (bicyclic) bond motifs is 1. The molecule has 2 fully saturated rings. The van der Waals surface area contributed by atoms with Gasteiger partial charge in [-0.05, 0) is 36.6 Å². The zero-order valence-corrected chi connectivity index (χ0v) is 20.8. The van der Waals surface area contributed by atoms with Gasteiger partial charge in [-0.3, -0.25) is 9.59 Å². The van der Waals surface area contributed by atoms with Gasteiger partial charge in [0.1, 0.15) is 24.2 Å². The molecule has 3 aromatic rings. The van der Waals surface area contributed by atoms with E-state index in [9.17, 15) is 9.59 Å². The van der Waals surface area contributed by atoms with Crippen LogP contribution >= 0.6 is 0 Å². The lowest BCUT2D eigenvalue weighted by atomic mass is 9.73. The number of nitrogens with one attached hydrogen (secondary N) is 1. The van der Waals surface area contributed by atoms with Gasteiger partial charge >= 0.3 is 0 Å². The van der Waals surface area contributed by atoms with Crippen LogP contribution in [0.3, 0.4) is 0 Å². The quantitative estimate of drug-likeness (QED) is 0.573. The van der Waals surface area contributed by atoms with E-state index in [1.807, 2.05) is 42.5 Å². The molecule has 3 aliphatic rings. The van der Waals surface area contributed by atoms with Crippen LogP contribution in [0.4, 0.5) is 11.4 Å². The SMILES string of the molecule is CN1C(=O)[C@@H](NC(=O)c2ccon2)[C@H](Cc2ccccc2)Oc2ccc(N3CC4(CCOCC4)C3)cc21. The smallest absolute Gasteiger partial charge is 0.274 e. The topological polar surface area (TPSA) is 97.1 Å². The summed E-state index contributed by atoms with van der Waals surface area (Å²) in [5.74, 6) is -0.130. The van der Waals surface area contributed by atoms with Gasteiger partial charge in [-0.25, -0.2) is 0 Å². The number of amides is 2. The van der Waals surface area contributed by atoms with Crippen molar-refractivity contribution in [2.45, 2.75) is 31.4 Å². The Bertz CT molecular complexity index is 1260. The lowest BCUT2D eigenvalue weighted by Crippen LogP contribution is -2.58. The average molecular weight is 503 g/mol. The molecule has 0 saturated carbocycles. The molecule has 0 aliphatic carbocycles. The molecule has 2 atom stereocenters. The summed E-state index contributed by atoms with van der Waals surface area (Å²) in [7, 11) is 1.73. The Kier molecular flexibility index (Phi) is 6.08. The van der Waals surface area contributed by atoms with Crippen molar-refractivity contribution in [3.05, 3.63) is 72.1 Å². The predicted molar refractivity (Wildman–Crippen MR) is 137 cm³/mol. The summed E-state index contributed by atoms with van der Waals surface area (Å²) >= 11 is 0. The second-order valence-corrected chi connectivity index (χ2v) is 10.2. The zero-order valence-electron chi connectivity index (χ0n) is 20.8. The van der Waals surface area contributed by atoms with Crippen LogP contribution in [0.15, 0.2) is 65.4 Å². The van der Waals surface area contributed by atoms with E-state index in [-0.39, 0.29) is 11.6 Å². The zero-order chi connectivity index (χ0) is 25.4. The van der Waals surface area contributed by atoms with Crippen molar-refractivity contribution in [3.63, 3.8) is 0 Å². The van der Waals surface area contributed by atoms with Crippen molar-refractivity contribution in [1.29, 1.82) is 0 Å². The van der Waals surface area contributed by atoms with Crippen LogP contribution in [0, 0.1) is 5.41 Å². The van der Waals surface area contributed by atoms with Crippen molar-refractivity contribution in [2.24, 2.45) is 5.41 Å². The Morgan fingerprint density at radius 2 is 1.89 bits per heavy atom. The first-order valence-corrected chi connectivity index (χ1v) is 12.7. The fourth-order valence-electron chi connectivity index (χ4n) is 5.55. The molecule has 1 aromatic heterocycles. The van der Waals surface area contributed by atoms with Crippen LogP contribution in [-0.4, -0.2) is 62.5 Å². The highest BCUT2D eigenvalue weighted by molar-refractivity contribution is 6.03. The maximum Gasteiger partial charge on any atom is 0.274 e. The Hall–Kier alpha value is -3.85. The van der Waals surface area contributed by atoms with Crippen molar-refractivity contribution in [3.8, 4) is 5.75 Å². The number of carbonyl (C=O) groups excluding carboxylic acids is 2. The molecule has 0 bridgehead atoms. The molecule has 0 unspecified atom stereocenters. The summed E-state index contributed by atoms with van der Waals surface area (Å²) in [6, 6.07) is 16.4. The lowest BCUT2D eigenvalue weighted by molar-refractivity contribution is -0.121. The maximum atomic E-state index is 13.8. The monoisotopic (exact) mass is 502 g/mol. The highest BCUT2D eigenvalue weighted by atomic mass is 16.5. The summed E-state index contributed by atoms with van der Waals surface area (Å²) in [4.78, 5) is 30.6. The van der Waals surface area contributed by atoms with Crippen molar-refractivity contribution >= 4 is 23.2 Å². The summed E-state index contributed by atoms with van der Waals surface area (Å²) in [5.41, 5.74) is 3.19. The third-order valence-corrected chi connectivity index (χ3v) is 7.76. The molecule has 9 nitrogen and oxygen atoms in total. The molecule has 3 aliphatic heterocycles. The molecule has 1 spiro atoms. The lowest BCUT2D eigenvalue weighted by Gasteiger charge is -2.53. The van der Waals surface area contributed by atoms with Gasteiger partial charge in [0.25, 0.3) is 11.8 Å². The van der Waals surface area contributed by atoms with Gasteiger partial charge in [0.05, 0.1) is 5.69 Å². The van der Waals surface area contributed by atoms with Gasteiger partial charge in [0, 0.05) is 56.9 Å². The standard InChI is InChI=1S/C28H30N4O5/c1-31-22-16-20(32-17-28(18-32)10-13-35-14-11-28)7-8-23(22)37-24(15-19-5-3-2-4-6-19)25(27(31)34)29-26(33)21-9-12-36-30-21/h2-9,12,16,24-25H,10-11,13-15,17-18H2,1H3,(H,29,33)/t24-,25-/m0/s1. The fourth-order valence-corrected chi connectivity index (χ4v) is 5.55. The number of anilines is 2. The highest BCUT2D eigenvalue weighted by Gasteiger charge is 2.44. The van der Waals surface area contributed by atoms with E-state index in [1.54, 1.807) is 11.9 Å². The van der Waals surface area contributed by atoms with Crippen LogP contribution < -0.4 is 19.9 Å². The molecule has 6 rings (SSSR count). The molecule has 37 heavy (non-hydrogen) atoms. The Morgan fingerprint density at radius 3 is 2.62 bits per heavy atom. The molecule has 1 N–H and O–H groups in total. The minimum atomic E-state index is -0.917. The van der Waals surface area contributed by atoms with E-state index in [2.05, 4.69) is 21.4 Å². The minimum absolute atomic E-state index is 0.109. The van der Waals surface area contributed by atoms with Crippen molar-refractivity contribution in [1.82, 2.24) is 10.5 Å². The molecule has 9 heteroatoms. The number of ether oxygens (including phenoxy) is 2. The first-order chi connectivity index (χ1) is 18.0. The van der Waals surface area contributed by atoms with Crippen LogP contribution in [0.25, 0.3) is 0 Å². The van der Waals surface area contributed by atoms with Gasteiger partial charge in [-0.2, -0.15) is 0 Å². The van der Waals surface area contributed by atoms with Gasteiger partial charge < -0.3 is 29.1 Å². The highest BCUT2D eigenvalue weighted by Crippen LogP contribution is 2.44. The molecular formula is C28H30N4O5. The molecular weight excluding hydrogens is 472 g/mol. The molecule has 2 saturated heterocycles. The number of aromatic nitrogens is 1. The van der Waals surface area contributed by atoms with Crippen LogP contribution in [0.1, 0.15) is 28.9 Å². The summed E-state index contributed by atoms with van der Waals surface area (Å²) in [5, 5.41) is 6.56. The maximum absolute atomic E-state index is 13.8. The molecule has 2 amide bonds. The predicted octanol–water partition coefficient (Wildman–Crippen LogP) is 3.06. The van der Waals surface area contributed by atoms with Crippen molar-refractivity contribution in [2.75, 3.05) is 43.2 Å². The minimum Gasteiger partial charge on any atom is -0.485 e. The Labute approximate surface area is 215 Å². The normalized spacial score (nSPS) is 22.6. The molecule has 4 heterocycles. The number of carbonyl (C=O) groups is 2. The number of likely N-dealkylation sites (N-methyl/N-ethyl adjacent to an activating group) is 1. The van der Waals surface area contributed by atoms with E-state index in [4.69, 9.17) is 14.0 Å². The van der Waals surface area contributed by atoms with E-state index < -0.39 is 18.1 Å². The first kappa shape index (κ1) is 23.5. The van der Waals surface area contributed by atoms with Crippen LogP contribution in [-0.2, 0) is 16.0 Å². The number of hydrogen-bond acceptors (Lipinski definition) is 7. The average Bonchev–Trinajstić information content (AvgIpc) is 3.43. The summed E-state index contributed by atoms with van der Waals surface area (Å²) in [6.07, 6.45) is 3.33. The van der Waals surface area contributed by atoms with Crippen molar-refractivity contribution < 1.29 is 23.6 Å². The Balaban J connectivity index is 1.28. The number of nitrogens with zero attached hydrogens (tertiary/aromatic N) is 3. The second-order valence-electron chi connectivity index (χ2n) is 10.2.